The maximum absolute atomic E-state index is 5.95. The third-order valence-electron chi connectivity index (χ3n) is 2.70. The number of aryl methyl sites for hydroxylation is 2. The molecule has 4 heteroatoms. The summed E-state index contributed by atoms with van der Waals surface area (Å²) in [5.41, 5.74) is 8.17. The van der Waals surface area contributed by atoms with E-state index in [4.69, 9.17) is 10.5 Å². The Morgan fingerprint density at radius 3 is 2.78 bits per heavy atom. The molecule has 0 amide bonds. The van der Waals surface area contributed by atoms with Gasteiger partial charge >= 0.3 is 0 Å². The van der Waals surface area contributed by atoms with Crippen molar-refractivity contribution in [2.45, 2.75) is 33.4 Å². The van der Waals surface area contributed by atoms with Crippen LogP contribution in [0.3, 0.4) is 0 Å². The zero-order valence-corrected chi connectivity index (χ0v) is 11.8. The van der Waals surface area contributed by atoms with Gasteiger partial charge in [-0.05, 0) is 32.4 Å². The molecule has 0 bridgehead atoms. The van der Waals surface area contributed by atoms with E-state index in [1.54, 1.807) is 11.3 Å². The minimum absolute atomic E-state index is 0.0243. The molecule has 0 unspecified atom stereocenters. The molecule has 0 saturated carbocycles. The maximum Gasteiger partial charge on any atom is 0.124 e. The Morgan fingerprint density at radius 1 is 1.39 bits per heavy atom. The van der Waals surface area contributed by atoms with Crippen molar-refractivity contribution in [2.24, 2.45) is 5.73 Å². The van der Waals surface area contributed by atoms with Crippen molar-refractivity contribution in [1.29, 1.82) is 0 Å². The fraction of sp³-hybridized carbons (Fsp3) is 0.357. The molecule has 0 radical (unpaired) electrons. The molecule has 0 aliphatic carbocycles. The average Bonchev–Trinajstić information content (AvgIpc) is 2.72. The SMILES string of the molecule is Cc1ccc([C@@H](C)N)c(OCc2cnc(C)s2)c1. The molecule has 1 aromatic carbocycles. The Labute approximate surface area is 112 Å². The van der Waals surface area contributed by atoms with Crippen LogP contribution in [-0.4, -0.2) is 4.98 Å². The topological polar surface area (TPSA) is 48.1 Å². The molecule has 2 rings (SSSR count). The average molecular weight is 262 g/mol. The van der Waals surface area contributed by atoms with Crippen LogP contribution in [0.1, 0.15) is 34.0 Å². The van der Waals surface area contributed by atoms with Crippen molar-refractivity contribution >= 4 is 11.3 Å². The quantitative estimate of drug-likeness (QED) is 0.919. The Morgan fingerprint density at radius 2 is 2.17 bits per heavy atom. The van der Waals surface area contributed by atoms with Crippen LogP contribution < -0.4 is 10.5 Å². The number of aromatic nitrogens is 1. The van der Waals surface area contributed by atoms with Crippen LogP contribution in [0.4, 0.5) is 0 Å². The molecule has 96 valence electrons. The van der Waals surface area contributed by atoms with Gasteiger partial charge in [-0.1, -0.05) is 12.1 Å². The Hall–Kier alpha value is -1.39. The highest BCUT2D eigenvalue weighted by atomic mass is 32.1. The summed E-state index contributed by atoms with van der Waals surface area (Å²) in [4.78, 5) is 5.35. The van der Waals surface area contributed by atoms with E-state index in [1.165, 1.54) is 5.56 Å². The van der Waals surface area contributed by atoms with Gasteiger partial charge in [0.1, 0.15) is 12.4 Å². The molecule has 0 aliphatic rings. The number of thiazole rings is 1. The van der Waals surface area contributed by atoms with Crippen LogP contribution in [0, 0.1) is 13.8 Å². The summed E-state index contributed by atoms with van der Waals surface area (Å²) in [5.74, 6) is 0.871. The first-order valence-electron chi connectivity index (χ1n) is 5.96. The number of nitrogens with two attached hydrogens (primary N) is 1. The highest BCUT2D eigenvalue weighted by Gasteiger charge is 2.09. The lowest BCUT2D eigenvalue weighted by atomic mass is 10.1. The maximum atomic E-state index is 5.95. The molecule has 1 heterocycles. The number of nitrogens with zero attached hydrogens (tertiary/aromatic N) is 1. The van der Waals surface area contributed by atoms with Crippen LogP contribution in [0.25, 0.3) is 0 Å². The first kappa shape index (κ1) is 13.1. The number of hydrogen-bond donors (Lipinski definition) is 1. The van der Waals surface area contributed by atoms with E-state index in [1.807, 2.05) is 32.2 Å². The largest absolute Gasteiger partial charge is 0.488 e. The highest BCUT2D eigenvalue weighted by Crippen LogP contribution is 2.26. The summed E-state index contributed by atoms with van der Waals surface area (Å²) < 4.78 is 5.87. The van der Waals surface area contributed by atoms with Gasteiger partial charge in [-0.25, -0.2) is 4.98 Å². The van der Waals surface area contributed by atoms with Gasteiger partial charge in [0.25, 0.3) is 0 Å². The van der Waals surface area contributed by atoms with Crippen LogP contribution >= 0.6 is 11.3 Å². The van der Waals surface area contributed by atoms with Gasteiger partial charge in [-0.15, -0.1) is 11.3 Å². The fourth-order valence-corrected chi connectivity index (χ4v) is 2.47. The standard InChI is InChI=1S/C14H18N2OS/c1-9-4-5-13(10(2)15)14(6-9)17-8-12-7-16-11(3)18-12/h4-7,10H,8,15H2,1-3H3/t10-/m1/s1. The van der Waals surface area contributed by atoms with Gasteiger partial charge in [-0.2, -0.15) is 0 Å². The summed E-state index contributed by atoms with van der Waals surface area (Å²) in [6, 6.07) is 6.10. The molecular formula is C14H18N2OS. The summed E-state index contributed by atoms with van der Waals surface area (Å²) in [6.07, 6.45) is 1.86. The smallest absolute Gasteiger partial charge is 0.124 e. The van der Waals surface area contributed by atoms with Crippen molar-refractivity contribution in [3.05, 3.63) is 45.4 Å². The van der Waals surface area contributed by atoms with E-state index in [2.05, 4.69) is 18.0 Å². The second-order valence-corrected chi connectivity index (χ2v) is 5.78. The van der Waals surface area contributed by atoms with E-state index in [0.717, 1.165) is 21.2 Å². The molecule has 0 saturated heterocycles. The lowest BCUT2D eigenvalue weighted by Crippen LogP contribution is -2.08. The van der Waals surface area contributed by atoms with Crippen LogP contribution in [-0.2, 0) is 6.61 Å². The number of benzene rings is 1. The third-order valence-corrected chi connectivity index (χ3v) is 3.58. The van der Waals surface area contributed by atoms with Crippen LogP contribution in [0.15, 0.2) is 24.4 Å². The van der Waals surface area contributed by atoms with Gasteiger partial charge in [0, 0.05) is 17.8 Å². The lowest BCUT2D eigenvalue weighted by molar-refractivity contribution is 0.304. The molecule has 0 aliphatic heterocycles. The zero-order chi connectivity index (χ0) is 13.1. The summed E-state index contributed by atoms with van der Waals surface area (Å²) >= 11 is 1.66. The molecule has 18 heavy (non-hydrogen) atoms. The van der Waals surface area contributed by atoms with E-state index in [0.29, 0.717) is 6.61 Å². The van der Waals surface area contributed by atoms with Crippen molar-refractivity contribution in [3.63, 3.8) is 0 Å². The zero-order valence-electron chi connectivity index (χ0n) is 10.9. The van der Waals surface area contributed by atoms with Gasteiger partial charge in [0.2, 0.25) is 0 Å². The summed E-state index contributed by atoms with van der Waals surface area (Å²) in [7, 11) is 0. The summed E-state index contributed by atoms with van der Waals surface area (Å²) in [5, 5.41) is 1.06. The minimum Gasteiger partial charge on any atom is -0.488 e. The van der Waals surface area contributed by atoms with Gasteiger partial charge in [0.15, 0.2) is 0 Å². The fourth-order valence-electron chi connectivity index (χ4n) is 1.76. The third kappa shape index (κ3) is 3.09. The second-order valence-electron chi connectivity index (χ2n) is 4.46. The molecule has 0 spiro atoms. The monoisotopic (exact) mass is 262 g/mol. The van der Waals surface area contributed by atoms with E-state index in [9.17, 15) is 0 Å². The molecule has 2 N–H and O–H groups in total. The lowest BCUT2D eigenvalue weighted by Gasteiger charge is -2.14. The minimum atomic E-state index is -0.0243. The van der Waals surface area contributed by atoms with E-state index < -0.39 is 0 Å². The number of ether oxygens (including phenoxy) is 1. The number of hydrogen-bond acceptors (Lipinski definition) is 4. The number of rotatable bonds is 4. The predicted molar refractivity (Wildman–Crippen MR) is 75.0 cm³/mol. The second kappa shape index (κ2) is 5.50. The normalized spacial score (nSPS) is 12.4. The molecule has 1 atom stereocenters. The predicted octanol–water partition coefficient (Wildman–Crippen LogP) is 3.36. The Balaban J connectivity index is 2.15. The molecule has 3 nitrogen and oxygen atoms in total. The summed E-state index contributed by atoms with van der Waals surface area (Å²) in [6.45, 7) is 6.56. The van der Waals surface area contributed by atoms with Crippen molar-refractivity contribution in [1.82, 2.24) is 4.98 Å². The van der Waals surface area contributed by atoms with E-state index in [-0.39, 0.29) is 6.04 Å². The van der Waals surface area contributed by atoms with Gasteiger partial charge in [0.05, 0.1) is 9.88 Å². The van der Waals surface area contributed by atoms with Crippen LogP contribution in [0.5, 0.6) is 5.75 Å². The first-order valence-corrected chi connectivity index (χ1v) is 6.78. The Kier molecular flexibility index (Phi) is 3.99. The van der Waals surface area contributed by atoms with E-state index >= 15 is 0 Å². The van der Waals surface area contributed by atoms with Gasteiger partial charge in [-0.3, -0.25) is 0 Å². The van der Waals surface area contributed by atoms with Crippen molar-refractivity contribution in [3.8, 4) is 5.75 Å². The van der Waals surface area contributed by atoms with Crippen molar-refractivity contribution in [2.75, 3.05) is 0 Å². The first-order chi connectivity index (χ1) is 8.56. The van der Waals surface area contributed by atoms with Crippen LogP contribution in [0.2, 0.25) is 0 Å². The molecule has 2 aromatic rings. The molecular weight excluding hydrogens is 244 g/mol. The van der Waals surface area contributed by atoms with Gasteiger partial charge < -0.3 is 10.5 Å². The molecule has 0 fully saturated rings. The molecule has 1 aromatic heterocycles. The van der Waals surface area contributed by atoms with Crippen molar-refractivity contribution < 1.29 is 4.74 Å². The Bertz CT molecular complexity index is 534. The highest BCUT2D eigenvalue weighted by molar-refractivity contribution is 7.11.